The number of halogens is 1. The Morgan fingerprint density at radius 3 is 2.62 bits per heavy atom. The molecule has 2 aliphatic heterocycles. The van der Waals surface area contributed by atoms with E-state index in [9.17, 15) is 8.42 Å². The lowest BCUT2D eigenvalue weighted by Gasteiger charge is -2.30. The monoisotopic (exact) mass is 538 g/mol. The van der Waals surface area contributed by atoms with Gasteiger partial charge in [-0.15, -0.1) is 24.0 Å². The van der Waals surface area contributed by atoms with Crippen molar-refractivity contribution in [3.63, 3.8) is 0 Å². The molecule has 0 radical (unpaired) electrons. The van der Waals surface area contributed by atoms with E-state index >= 15 is 0 Å². The third-order valence-corrected chi connectivity index (χ3v) is 6.40. The number of benzene rings is 1. The van der Waals surface area contributed by atoms with E-state index in [-0.39, 0.29) is 30.8 Å². The van der Waals surface area contributed by atoms with Gasteiger partial charge in [-0.3, -0.25) is 4.99 Å². The summed E-state index contributed by atoms with van der Waals surface area (Å²) in [6.07, 6.45) is 2.98. The number of rotatable bonds is 6. The van der Waals surface area contributed by atoms with Crippen LogP contribution in [0.25, 0.3) is 0 Å². The van der Waals surface area contributed by atoms with Crippen LogP contribution in [-0.2, 0) is 16.6 Å². The number of ether oxygens (including phenoxy) is 2. The first kappa shape index (κ1) is 24.0. The Bertz CT molecular complexity index is 810. The number of fused-ring (bicyclic) bond motifs is 1. The van der Waals surface area contributed by atoms with Crippen molar-refractivity contribution in [1.82, 2.24) is 14.5 Å². The molecule has 0 bridgehead atoms. The molecule has 2 heterocycles. The highest BCUT2D eigenvalue weighted by Gasteiger charge is 2.25. The van der Waals surface area contributed by atoms with Gasteiger partial charge >= 0.3 is 0 Å². The molecule has 1 saturated heterocycles. The molecule has 10 heteroatoms. The first-order valence-corrected chi connectivity index (χ1v) is 11.5. The van der Waals surface area contributed by atoms with Gasteiger partial charge in [0.25, 0.3) is 0 Å². The molecule has 1 aromatic carbocycles. The molecule has 164 valence electrons. The van der Waals surface area contributed by atoms with E-state index in [0.29, 0.717) is 32.1 Å². The molecule has 8 nitrogen and oxygen atoms in total. The minimum absolute atomic E-state index is 0. The topological polar surface area (TPSA) is 83.5 Å². The zero-order chi connectivity index (χ0) is 20.1. The van der Waals surface area contributed by atoms with Crippen molar-refractivity contribution in [2.24, 2.45) is 10.9 Å². The van der Waals surface area contributed by atoms with Crippen LogP contribution < -0.4 is 14.8 Å². The van der Waals surface area contributed by atoms with Crippen LogP contribution in [-0.4, -0.2) is 69.9 Å². The van der Waals surface area contributed by atoms with Crippen LogP contribution in [0.15, 0.2) is 23.2 Å². The maximum Gasteiger partial charge on any atom is 0.231 e. The van der Waals surface area contributed by atoms with Gasteiger partial charge in [-0.25, -0.2) is 12.7 Å². The van der Waals surface area contributed by atoms with E-state index in [1.54, 1.807) is 4.31 Å². The third kappa shape index (κ3) is 6.61. The van der Waals surface area contributed by atoms with Gasteiger partial charge in [-0.05, 0) is 43.4 Å². The zero-order valence-corrected chi connectivity index (χ0v) is 20.4. The Balaban J connectivity index is 0.00000300. The van der Waals surface area contributed by atoms with Gasteiger partial charge in [0, 0.05) is 39.8 Å². The lowest BCUT2D eigenvalue weighted by atomic mass is 9.98. The molecule has 1 fully saturated rings. The predicted molar refractivity (Wildman–Crippen MR) is 125 cm³/mol. The fourth-order valence-electron chi connectivity index (χ4n) is 3.50. The molecule has 3 rings (SSSR count). The molecular weight excluding hydrogens is 507 g/mol. The largest absolute Gasteiger partial charge is 0.454 e. The minimum atomic E-state index is -3.08. The maximum absolute atomic E-state index is 11.6. The Morgan fingerprint density at radius 1 is 1.28 bits per heavy atom. The number of guanidine groups is 1. The van der Waals surface area contributed by atoms with E-state index in [0.717, 1.165) is 42.4 Å². The molecule has 0 unspecified atom stereocenters. The molecule has 1 aromatic rings. The number of nitrogens with one attached hydrogen (secondary N) is 1. The lowest BCUT2D eigenvalue weighted by Crippen LogP contribution is -2.40. The second-order valence-corrected chi connectivity index (χ2v) is 9.33. The molecule has 0 aliphatic carbocycles. The van der Waals surface area contributed by atoms with E-state index < -0.39 is 10.0 Å². The normalized spacial score (nSPS) is 17.7. The average Bonchev–Trinajstić information content (AvgIpc) is 3.12. The van der Waals surface area contributed by atoms with Crippen molar-refractivity contribution in [1.29, 1.82) is 0 Å². The van der Waals surface area contributed by atoms with Crippen LogP contribution in [0.2, 0.25) is 0 Å². The highest BCUT2D eigenvalue weighted by atomic mass is 127. The molecule has 0 saturated carbocycles. The Hall–Kier alpha value is -1.27. The van der Waals surface area contributed by atoms with Crippen molar-refractivity contribution in [3.05, 3.63) is 23.8 Å². The first-order valence-electron chi connectivity index (χ1n) is 9.70. The smallest absolute Gasteiger partial charge is 0.231 e. The van der Waals surface area contributed by atoms with E-state index in [1.165, 1.54) is 6.26 Å². The molecule has 0 spiro atoms. The van der Waals surface area contributed by atoms with Gasteiger partial charge in [0.15, 0.2) is 17.5 Å². The summed E-state index contributed by atoms with van der Waals surface area (Å²) in [4.78, 5) is 6.89. The Kier molecular flexibility index (Phi) is 8.83. The van der Waals surface area contributed by atoms with E-state index in [4.69, 9.17) is 14.5 Å². The highest BCUT2D eigenvalue weighted by molar-refractivity contribution is 14.0. The average molecular weight is 538 g/mol. The van der Waals surface area contributed by atoms with Crippen molar-refractivity contribution in [2.75, 3.05) is 46.3 Å². The molecule has 0 amide bonds. The second kappa shape index (κ2) is 10.7. The van der Waals surface area contributed by atoms with Crippen LogP contribution in [0, 0.1) is 5.92 Å². The fraction of sp³-hybridized carbons (Fsp3) is 0.632. The number of nitrogens with zero attached hydrogens (tertiary/aromatic N) is 3. The minimum Gasteiger partial charge on any atom is -0.454 e. The molecular formula is C19H31IN4O4S. The molecule has 2 aliphatic rings. The molecule has 1 N–H and O–H groups in total. The van der Waals surface area contributed by atoms with Crippen LogP contribution in [0.3, 0.4) is 0 Å². The lowest BCUT2D eigenvalue weighted by molar-refractivity contribution is 0.174. The summed E-state index contributed by atoms with van der Waals surface area (Å²) in [5, 5.41) is 3.34. The van der Waals surface area contributed by atoms with Crippen LogP contribution in [0.5, 0.6) is 11.5 Å². The summed E-state index contributed by atoms with van der Waals surface area (Å²) in [7, 11) is -1.07. The van der Waals surface area contributed by atoms with Crippen molar-refractivity contribution < 1.29 is 17.9 Å². The zero-order valence-electron chi connectivity index (χ0n) is 17.3. The fourth-order valence-corrected chi connectivity index (χ4v) is 4.37. The van der Waals surface area contributed by atoms with Gasteiger partial charge in [0.2, 0.25) is 16.8 Å². The number of hydrogen-bond acceptors (Lipinski definition) is 5. The van der Waals surface area contributed by atoms with E-state index in [2.05, 4.69) is 17.1 Å². The summed E-state index contributed by atoms with van der Waals surface area (Å²) in [5.74, 6) is 2.83. The van der Waals surface area contributed by atoms with Gasteiger partial charge in [-0.2, -0.15) is 0 Å². The Labute approximate surface area is 190 Å². The summed E-state index contributed by atoms with van der Waals surface area (Å²) >= 11 is 0. The number of piperidine rings is 1. The SMILES string of the molecule is CCNC(=NCC1CCN(S(C)(=O)=O)CC1)N(C)Cc1ccc2c(c1)OCO2.I. The second-order valence-electron chi connectivity index (χ2n) is 7.34. The van der Waals surface area contributed by atoms with Gasteiger partial charge in [-0.1, -0.05) is 6.07 Å². The standard InChI is InChI=1S/C19H30N4O4S.HI/c1-4-20-19(21-12-15-7-9-23(10-8-15)28(3,24)25)22(2)13-16-5-6-17-18(11-16)27-14-26-17;/h5-6,11,15H,4,7-10,12-14H2,1-3H3,(H,20,21);1H. The molecule has 29 heavy (non-hydrogen) atoms. The molecule has 0 atom stereocenters. The van der Waals surface area contributed by atoms with Gasteiger partial charge < -0.3 is 19.7 Å². The summed E-state index contributed by atoms with van der Waals surface area (Å²) < 4.78 is 35.7. The Morgan fingerprint density at radius 2 is 1.97 bits per heavy atom. The summed E-state index contributed by atoms with van der Waals surface area (Å²) in [6, 6.07) is 5.98. The number of aliphatic imine (C=N–C) groups is 1. The van der Waals surface area contributed by atoms with Crippen molar-refractivity contribution in [3.8, 4) is 11.5 Å². The highest BCUT2D eigenvalue weighted by Crippen LogP contribution is 2.32. The van der Waals surface area contributed by atoms with Crippen LogP contribution in [0.1, 0.15) is 25.3 Å². The van der Waals surface area contributed by atoms with Gasteiger partial charge in [0.1, 0.15) is 0 Å². The van der Waals surface area contributed by atoms with Crippen molar-refractivity contribution >= 4 is 40.0 Å². The van der Waals surface area contributed by atoms with Crippen molar-refractivity contribution in [2.45, 2.75) is 26.3 Å². The van der Waals surface area contributed by atoms with Crippen LogP contribution in [0.4, 0.5) is 0 Å². The molecule has 0 aromatic heterocycles. The van der Waals surface area contributed by atoms with E-state index in [1.807, 2.05) is 25.2 Å². The summed E-state index contributed by atoms with van der Waals surface area (Å²) in [6.45, 7) is 5.69. The number of hydrogen-bond donors (Lipinski definition) is 1. The van der Waals surface area contributed by atoms with Crippen LogP contribution >= 0.6 is 24.0 Å². The third-order valence-electron chi connectivity index (χ3n) is 5.09. The quantitative estimate of drug-likeness (QED) is 0.340. The summed E-state index contributed by atoms with van der Waals surface area (Å²) in [5.41, 5.74) is 1.12. The first-order chi connectivity index (χ1) is 13.4. The maximum atomic E-state index is 11.6. The predicted octanol–water partition coefficient (Wildman–Crippen LogP) is 2.10. The number of sulfonamides is 1. The van der Waals surface area contributed by atoms with Gasteiger partial charge in [0.05, 0.1) is 6.26 Å².